The van der Waals surface area contributed by atoms with Gasteiger partial charge in [-0.25, -0.2) is 0 Å². The largest absolute Gasteiger partial charge is 0.456 e. The van der Waals surface area contributed by atoms with Crippen LogP contribution in [-0.4, -0.2) is 4.57 Å². The summed E-state index contributed by atoms with van der Waals surface area (Å²) in [5, 5.41) is 4.78. The SMILES string of the molecule is CC(C)(C)c1c2c(c3c4c1-c1ccccc1C4(C)c1cc(-c4ccc5oc6ccccc6c5c4)ccc1N3c1ccc3c4ccccc4n(-c4ccccc4)c3c1)C(C)(C)c1ccccc1-2. The fraction of sp³-hybridized carbons (Fsp3) is 0.143. The minimum Gasteiger partial charge on any atom is -0.456 e. The van der Waals surface area contributed by atoms with Gasteiger partial charge in [-0.15, -0.1) is 0 Å². The van der Waals surface area contributed by atoms with Crippen molar-refractivity contribution in [3.63, 3.8) is 0 Å². The Bertz CT molecular complexity index is 3910. The van der Waals surface area contributed by atoms with Crippen molar-refractivity contribution < 1.29 is 4.42 Å². The van der Waals surface area contributed by atoms with Crippen LogP contribution in [0.15, 0.2) is 186 Å². The van der Waals surface area contributed by atoms with Crippen LogP contribution in [0.2, 0.25) is 0 Å². The number of anilines is 3. The molecule has 11 aromatic rings. The molecule has 0 saturated carbocycles. The third-order valence-corrected chi connectivity index (χ3v) is 15.6. The van der Waals surface area contributed by atoms with Gasteiger partial charge in [0.15, 0.2) is 0 Å². The number of hydrogen-bond donors (Lipinski definition) is 0. The van der Waals surface area contributed by atoms with Crippen molar-refractivity contribution in [2.75, 3.05) is 4.90 Å². The van der Waals surface area contributed by atoms with Gasteiger partial charge in [-0.05, 0) is 140 Å². The number of aromatic nitrogens is 1. The molecule has 14 rings (SSSR count). The third kappa shape index (κ3) is 4.72. The van der Waals surface area contributed by atoms with E-state index in [4.69, 9.17) is 4.42 Å². The molecule has 0 fully saturated rings. The topological polar surface area (TPSA) is 21.3 Å². The van der Waals surface area contributed by atoms with Crippen molar-refractivity contribution in [2.24, 2.45) is 0 Å². The first-order valence-corrected chi connectivity index (χ1v) is 23.4. The summed E-state index contributed by atoms with van der Waals surface area (Å²) in [6.45, 7) is 14.7. The van der Waals surface area contributed by atoms with Crippen LogP contribution in [0, 0.1) is 0 Å². The first-order chi connectivity index (χ1) is 32.0. The summed E-state index contributed by atoms with van der Waals surface area (Å²) >= 11 is 0. The monoisotopic (exact) mass is 848 g/mol. The van der Waals surface area contributed by atoms with Gasteiger partial charge in [0, 0.05) is 43.7 Å². The summed E-state index contributed by atoms with van der Waals surface area (Å²) in [7, 11) is 0. The van der Waals surface area contributed by atoms with Gasteiger partial charge in [0.2, 0.25) is 0 Å². The smallest absolute Gasteiger partial charge is 0.135 e. The maximum absolute atomic E-state index is 6.33. The Morgan fingerprint density at radius 3 is 1.88 bits per heavy atom. The van der Waals surface area contributed by atoms with E-state index in [9.17, 15) is 0 Å². The molecule has 1 aliphatic heterocycles. The Kier molecular flexibility index (Phi) is 7.32. The summed E-state index contributed by atoms with van der Waals surface area (Å²) in [6.07, 6.45) is 0. The van der Waals surface area contributed by atoms with E-state index in [1.54, 1.807) is 0 Å². The van der Waals surface area contributed by atoms with Crippen molar-refractivity contribution >= 4 is 60.8 Å². The van der Waals surface area contributed by atoms with Crippen LogP contribution in [-0.2, 0) is 16.2 Å². The quantitative estimate of drug-likeness (QED) is 0.177. The third-order valence-electron chi connectivity index (χ3n) is 15.6. The molecule has 0 radical (unpaired) electrons. The normalized spacial score (nSPS) is 16.5. The van der Waals surface area contributed by atoms with Gasteiger partial charge in [-0.1, -0.05) is 156 Å². The molecular formula is C63H48N2O. The van der Waals surface area contributed by atoms with Crippen LogP contribution >= 0.6 is 0 Å². The van der Waals surface area contributed by atoms with Crippen molar-refractivity contribution in [1.29, 1.82) is 0 Å². The molecule has 3 heterocycles. The molecule has 2 aromatic heterocycles. The summed E-state index contributed by atoms with van der Waals surface area (Å²) in [5.41, 5.74) is 24.4. The standard InChI is InChI=1S/C63H48N2O/c1-61(2,3)57-55-44-22-10-14-24-47(44)62(4,5)58(55)60-59-56(57)45-23-11-15-25-48(45)63(59,6)49-35-38(37-29-33-54-46(34-37)43-21-13-17-27-53(43)66-54)28-32-51(49)65(60)40-30-31-42-41-20-12-16-26-50(41)64(52(42)36-40)39-18-8-7-9-19-39/h7-36H,1-6H3. The van der Waals surface area contributed by atoms with E-state index < -0.39 is 5.41 Å². The fourth-order valence-electron chi connectivity index (χ4n) is 12.8. The molecule has 316 valence electrons. The average Bonchev–Trinajstić information content (AvgIpc) is 4.03. The second-order valence-electron chi connectivity index (χ2n) is 20.6. The average molecular weight is 849 g/mol. The molecule has 2 aliphatic carbocycles. The number of nitrogens with zero attached hydrogens (tertiary/aromatic N) is 2. The van der Waals surface area contributed by atoms with Crippen LogP contribution in [0.4, 0.5) is 17.1 Å². The fourth-order valence-corrected chi connectivity index (χ4v) is 12.8. The Morgan fingerprint density at radius 2 is 1.08 bits per heavy atom. The van der Waals surface area contributed by atoms with Gasteiger partial charge in [-0.2, -0.15) is 0 Å². The zero-order valence-corrected chi connectivity index (χ0v) is 38.1. The molecule has 0 amide bonds. The highest BCUT2D eigenvalue weighted by Crippen LogP contribution is 2.70. The van der Waals surface area contributed by atoms with E-state index in [2.05, 4.69) is 227 Å². The number of furan rings is 1. The van der Waals surface area contributed by atoms with Crippen molar-refractivity contribution in [2.45, 2.75) is 57.8 Å². The highest BCUT2D eigenvalue weighted by atomic mass is 16.3. The lowest BCUT2D eigenvalue weighted by atomic mass is 9.66. The highest BCUT2D eigenvalue weighted by molar-refractivity contribution is 6.12. The molecular weight excluding hydrogens is 801 g/mol. The summed E-state index contributed by atoms with van der Waals surface area (Å²) in [5.74, 6) is 0. The lowest BCUT2D eigenvalue weighted by Gasteiger charge is -2.46. The van der Waals surface area contributed by atoms with E-state index in [0.29, 0.717) is 0 Å². The maximum atomic E-state index is 6.33. The van der Waals surface area contributed by atoms with Crippen molar-refractivity contribution in [3.8, 4) is 39.1 Å². The molecule has 3 heteroatoms. The molecule has 9 aromatic carbocycles. The van der Waals surface area contributed by atoms with Crippen LogP contribution in [0.3, 0.4) is 0 Å². The Morgan fingerprint density at radius 1 is 0.455 bits per heavy atom. The minimum atomic E-state index is -0.460. The predicted octanol–water partition coefficient (Wildman–Crippen LogP) is 17.1. The van der Waals surface area contributed by atoms with Gasteiger partial charge in [0.1, 0.15) is 11.2 Å². The Labute approximate surface area is 385 Å². The Hall–Kier alpha value is -7.62. The van der Waals surface area contributed by atoms with Gasteiger partial charge < -0.3 is 13.9 Å². The minimum absolute atomic E-state index is 0.161. The van der Waals surface area contributed by atoms with E-state index in [-0.39, 0.29) is 10.8 Å². The number of fused-ring (bicyclic) bond motifs is 15. The van der Waals surface area contributed by atoms with Crippen molar-refractivity contribution in [1.82, 2.24) is 4.57 Å². The highest BCUT2D eigenvalue weighted by Gasteiger charge is 2.55. The molecule has 1 unspecified atom stereocenters. The van der Waals surface area contributed by atoms with Crippen LogP contribution in [0.1, 0.15) is 74.9 Å². The zero-order valence-electron chi connectivity index (χ0n) is 38.1. The van der Waals surface area contributed by atoms with Crippen molar-refractivity contribution in [3.05, 3.63) is 215 Å². The number of para-hydroxylation sites is 3. The first kappa shape index (κ1) is 37.7. The van der Waals surface area contributed by atoms with E-state index >= 15 is 0 Å². The molecule has 0 bridgehead atoms. The molecule has 66 heavy (non-hydrogen) atoms. The second-order valence-corrected chi connectivity index (χ2v) is 20.6. The van der Waals surface area contributed by atoms with Crippen LogP contribution < -0.4 is 4.90 Å². The number of hydrogen-bond acceptors (Lipinski definition) is 2. The van der Waals surface area contributed by atoms with Gasteiger partial charge in [0.25, 0.3) is 0 Å². The van der Waals surface area contributed by atoms with E-state index in [1.165, 1.54) is 99.9 Å². The first-order valence-electron chi connectivity index (χ1n) is 23.4. The maximum Gasteiger partial charge on any atom is 0.135 e. The number of rotatable bonds is 3. The van der Waals surface area contributed by atoms with Gasteiger partial charge in [-0.3, -0.25) is 0 Å². The summed E-state index contributed by atoms with van der Waals surface area (Å²) < 4.78 is 8.78. The van der Waals surface area contributed by atoms with Crippen LogP contribution in [0.5, 0.6) is 0 Å². The molecule has 3 nitrogen and oxygen atoms in total. The second kappa shape index (κ2) is 12.8. The van der Waals surface area contributed by atoms with E-state index in [0.717, 1.165) is 33.3 Å². The lowest BCUT2D eigenvalue weighted by molar-refractivity contribution is 0.588. The Balaban J connectivity index is 1.13. The van der Waals surface area contributed by atoms with Crippen LogP contribution in [0.25, 0.3) is 82.8 Å². The van der Waals surface area contributed by atoms with Gasteiger partial charge >= 0.3 is 0 Å². The van der Waals surface area contributed by atoms with E-state index in [1.807, 2.05) is 6.07 Å². The lowest BCUT2D eigenvalue weighted by Crippen LogP contribution is -2.35. The zero-order chi connectivity index (χ0) is 44.4. The molecule has 3 aliphatic rings. The number of benzene rings is 9. The van der Waals surface area contributed by atoms with Gasteiger partial charge in [0.05, 0.1) is 22.4 Å². The molecule has 0 saturated heterocycles. The molecule has 1 atom stereocenters. The summed E-state index contributed by atoms with van der Waals surface area (Å²) in [4.78, 5) is 2.67. The summed E-state index contributed by atoms with van der Waals surface area (Å²) in [6, 6.07) is 67.9. The molecule has 0 N–H and O–H groups in total. The predicted molar refractivity (Wildman–Crippen MR) is 275 cm³/mol. The molecule has 0 spiro atoms.